The smallest absolute Gasteiger partial charge is 0.316 e. The lowest BCUT2D eigenvalue weighted by molar-refractivity contribution is 0.252. The van der Waals surface area contributed by atoms with Gasteiger partial charge in [0.15, 0.2) is 0 Å². The Hall–Kier alpha value is -1.26. The highest BCUT2D eigenvalue weighted by molar-refractivity contribution is 6.32. The van der Waals surface area contributed by atoms with E-state index in [4.69, 9.17) is 11.1 Å². The summed E-state index contributed by atoms with van der Waals surface area (Å²) in [5, 5.41) is 8.89. The molecule has 0 unspecified atom stereocenters. The van der Waals surface area contributed by atoms with Crippen molar-refractivity contribution in [3.8, 4) is 0 Å². The first kappa shape index (κ1) is 7.74. The lowest BCUT2D eigenvalue weighted by atomic mass is 9.99. The van der Waals surface area contributed by atoms with Gasteiger partial charge in [-0.05, 0) is 0 Å². The number of rotatable bonds is 2. The zero-order valence-electron chi connectivity index (χ0n) is 5.14. The van der Waals surface area contributed by atoms with Crippen LogP contribution < -0.4 is 11.1 Å². The van der Waals surface area contributed by atoms with Gasteiger partial charge in [-0.1, -0.05) is 5.47 Å². The fourth-order valence-electron chi connectivity index (χ4n) is 0.227. The fraction of sp³-hybridized carbons (Fsp3) is 0. The first-order valence-electron chi connectivity index (χ1n) is 2.40. The molecule has 0 saturated carbocycles. The van der Waals surface area contributed by atoms with Gasteiger partial charge < -0.3 is 16.5 Å². The van der Waals surface area contributed by atoms with Crippen molar-refractivity contribution in [3.05, 3.63) is 11.7 Å². The third-order valence-corrected chi connectivity index (χ3v) is 0.670. The highest BCUT2D eigenvalue weighted by Gasteiger charge is 1.84. The first-order chi connectivity index (χ1) is 4.16. The summed E-state index contributed by atoms with van der Waals surface area (Å²) in [7, 11) is 1.68. The van der Waals surface area contributed by atoms with Crippen molar-refractivity contribution >= 4 is 20.1 Å². The van der Waals surface area contributed by atoms with Crippen LogP contribution in [0.4, 0.5) is 4.79 Å². The lowest BCUT2D eigenvalue weighted by Gasteiger charge is -1.91. The molecule has 0 saturated heterocycles. The summed E-state index contributed by atoms with van der Waals surface area (Å²) in [6.07, 6.45) is 2.49. The summed E-state index contributed by atoms with van der Waals surface area (Å²) in [6.45, 7) is 0. The number of hydrogen-bond acceptors (Lipinski definition) is 2. The first-order valence-corrected chi connectivity index (χ1v) is 2.40. The molecule has 5 heteroatoms. The van der Waals surface area contributed by atoms with Gasteiger partial charge in [0.2, 0.25) is 0 Å². The van der Waals surface area contributed by atoms with Crippen LogP contribution in [0.1, 0.15) is 0 Å². The molecule has 0 aliphatic rings. The minimum atomic E-state index is -0.615. The SMILES string of the molecule is B/C(C=N)=C/NC(N)=O. The molecule has 0 radical (unpaired) electrons. The second kappa shape index (κ2) is 3.71. The molecule has 48 valence electrons. The summed E-state index contributed by atoms with van der Waals surface area (Å²) in [4.78, 5) is 10.0. The normalized spacial score (nSPS) is 10.4. The van der Waals surface area contributed by atoms with Crippen LogP contribution in [0.2, 0.25) is 0 Å². The molecular weight excluding hydrogens is 117 g/mol. The van der Waals surface area contributed by atoms with Crippen LogP contribution in [0, 0.1) is 5.41 Å². The summed E-state index contributed by atoms with van der Waals surface area (Å²) < 4.78 is 0. The van der Waals surface area contributed by atoms with Gasteiger partial charge in [-0.15, -0.1) is 0 Å². The van der Waals surface area contributed by atoms with Crippen molar-refractivity contribution in [1.82, 2.24) is 5.32 Å². The minimum Gasteiger partial charge on any atom is -0.351 e. The molecule has 0 rings (SSSR count). The molecule has 9 heavy (non-hydrogen) atoms. The Kier molecular flexibility index (Phi) is 3.19. The molecular formula is C4H8BN3O. The molecule has 0 aromatic rings. The Morgan fingerprint density at radius 1 is 1.78 bits per heavy atom. The van der Waals surface area contributed by atoms with Crippen molar-refractivity contribution in [2.75, 3.05) is 0 Å². The standard InChI is InChI=1S/C4H8BN3O/c5-3(1-6)2-8-4(7)9/h1-2,6H,5H2,(H3,7,8,9)/b3-2+,6-1?. The van der Waals surface area contributed by atoms with Crippen molar-refractivity contribution in [2.45, 2.75) is 0 Å². The van der Waals surface area contributed by atoms with E-state index in [2.05, 4.69) is 5.32 Å². The van der Waals surface area contributed by atoms with Gasteiger partial charge in [-0.3, -0.25) is 0 Å². The van der Waals surface area contributed by atoms with E-state index in [9.17, 15) is 4.79 Å². The molecule has 0 aliphatic carbocycles. The summed E-state index contributed by atoms with van der Waals surface area (Å²) in [6, 6.07) is -0.615. The van der Waals surface area contributed by atoms with Gasteiger partial charge in [0.25, 0.3) is 0 Å². The average Bonchev–Trinajstić information content (AvgIpc) is 1.83. The topological polar surface area (TPSA) is 79.0 Å². The van der Waals surface area contributed by atoms with E-state index >= 15 is 0 Å². The van der Waals surface area contributed by atoms with Crippen molar-refractivity contribution < 1.29 is 4.79 Å². The van der Waals surface area contributed by atoms with Gasteiger partial charge in [0, 0.05) is 12.4 Å². The van der Waals surface area contributed by atoms with Gasteiger partial charge >= 0.3 is 6.03 Å². The van der Waals surface area contributed by atoms with E-state index in [1.807, 2.05) is 0 Å². The van der Waals surface area contributed by atoms with Crippen LogP contribution in [0.25, 0.3) is 0 Å². The maximum Gasteiger partial charge on any atom is 0.316 e. The molecule has 0 aliphatic heterocycles. The molecule has 0 aromatic heterocycles. The number of primary amides is 1. The largest absolute Gasteiger partial charge is 0.351 e. The predicted octanol–water partition coefficient (Wildman–Crippen LogP) is -1.22. The van der Waals surface area contributed by atoms with Crippen molar-refractivity contribution in [2.24, 2.45) is 5.73 Å². The van der Waals surface area contributed by atoms with Crippen LogP contribution in [-0.4, -0.2) is 20.1 Å². The van der Waals surface area contributed by atoms with Gasteiger partial charge in [0.05, 0.1) is 0 Å². The number of nitrogens with one attached hydrogen (secondary N) is 2. The van der Waals surface area contributed by atoms with E-state index in [-0.39, 0.29) is 0 Å². The van der Waals surface area contributed by atoms with Crippen LogP contribution in [0.3, 0.4) is 0 Å². The van der Waals surface area contributed by atoms with E-state index in [1.54, 1.807) is 7.85 Å². The number of carbonyl (C=O) groups is 1. The quantitative estimate of drug-likeness (QED) is 0.313. The maximum absolute atomic E-state index is 10.0. The molecule has 4 N–H and O–H groups in total. The molecule has 0 bridgehead atoms. The maximum atomic E-state index is 10.0. The molecule has 0 spiro atoms. The Labute approximate surface area is 54.0 Å². The van der Waals surface area contributed by atoms with Crippen LogP contribution >= 0.6 is 0 Å². The number of nitrogens with two attached hydrogens (primary N) is 1. The van der Waals surface area contributed by atoms with Gasteiger partial charge in [0.1, 0.15) is 7.85 Å². The number of allylic oxidation sites excluding steroid dienone is 1. The predicted molar refractivity (Wildman–Crippen MR) is 38.1 cm³/mol. The molecule has 4 nitrogen and oxygen atoms in total. The van der Waals surface area contributed by atoms with Gasteiger partial charge in [-0.2, -0.15) is 0 Å². The van der Waals surface area contributed by atoms with Crippen molar-refractivity contribution in [1.29, 1.82) is 5.41 Å². The van der Waals surface area contributed by atoms with E-state index in [0.29, 0.717) is 5.47 Å². The summed E-state index contributed by atoms with van der Waals surface area (Å²) in [5.41, 5.74) is 5.37. The van der Waals surface area contributed by atoms with E-state index < -0.39 is 6.03 Å². The highest BCUT2D eigenvalue weighted by atomic mass is 16.2. The third-order valence-electron chi connectivity index (χ3n) is 0.670. The molecule has 0 heterocycles. The molecule has 0 aromatic carbocycles. The van der Waals surface area contributed by atoms with Crippen LogP contribution in [0.5, 0.6) is 0 Å². The zero-order valence-corrected chi connectivity index (χ0v) is 5.14. The Balaban J connectivity index is 3.69. The Morgan fingerprint density at radius 3 is 2.67 bits per heavy atom. The minimum absolute atomic E-state index is 0.615. The van der Waals surface area contributed by atoms with E-state index in [0.717, 1.165) is 6.21 Å². The summed E-state index contributed by atoms with van der Waals surface area (Å²) >= 11 is 0. The number of urea groups is 1. The monoisotopic (exact) mass is 125 g/mol. The van der Waals surface area contributed by atoms with Crippen LogP contribution in [0.15, 0.2) is 11.7 Å². The third kappa shape index (κ3) is 4.60. The zero-order chi connectivity index (χ0) is 7.28. The molecule has 0 fully saturated rings. The Morgan fingerprint density at radius 2 is 2.33 bits per heavy atom. The average molecular weight is 125 g/mol. The highest BCUT2D eigenvalue weighted by Crippen LogP contribution is 1.74. The van der Waals surface area contributed by atoms with Crippen LogP contribution in [-0.2, 0) is 0 Å². The second-order valence-electron chi connectivity index (χ2n) is 1.54. The Bertz CT molecular complexity index is 154. The van der Waals surface area contributed by atoms with E-state index in [1.165, 1.54) is 6.20 Å². The second-order valence-corrected chi connectivity index (χ2v) is 1.54. The fourth-order valence-corrected chi connectivity index (χ4v) is 0.227. The lowest BCUT2D eigenvalue weighted by Crippen LogP contribution is -2.24. The number of carbonyl (C=O) groups excluding carboxylic acids is 1. The molecule has 2 amide bonds. The van der Waals surface area contributed by atoms with Crippen molar-refractivity contribution in [3.63, 3.8) is 0 Å². The number of hydrogen-bond donors (Lipinski definition) is 3. The number of amides is 2. The summed E-state index contributed by atoms with van der Waals surface area (Å²) in [5.74, 6) is 0. The molecule has 0 atom stereocenters. The van der Waals surface area contributed by atoms with Gasteiger partial charge in [-0.25, -0.2) is 4.79 Å².